The molecule has 0 radical (unpaired) electrons. The summed E-state index contributed by atoms with van der Waals surface area (Å²) in [4.78, 5) is 4.79. The smallest absolute Gasteiger partial charge is 0.191 e. The van der Waals surface area contributed by atoms with Gasteiger partial charge in [-0.25, -0.2) is 4.99 Å². The molecule has 0 aliphatic carbocycles. The number of nitrogens with one attached hydrogen (secondary N) is 3. The van der Waals surface area contributed by atoms with Gasteiger partial charge in [-0.15, -0.1) is 24.0 Å². The maximum Gasteiger partial charge on any atom is 0.191 e. The van der Waals surface area contributed by atoms with Crippen molar-refractivity contribution in [2.45, 2.75) is 44.8 Å². The number of ether oxygens (including phenoxy) is 2. The van der Waals surface area contributed by atoms with E-state index in [1.54, 1.807) is 7.11 Å². The fourth-order valence-corrected chi connectivity index (χ4v) is 3.95. The number of aliphatic imine (C=N–C) groups is 1. The average molecular weight is 553 g/mol. The predicted molar refractivity (Wildman–Crippen MR) is 142 cm³/mol. The molecule has 1 unspecified atom stereocenters. The zero-order valence-electron chi connectivity index (χ0n) is 19.4. The van der Waals surface area contributed by atoms with Crippen molar-refractivity contribution in [1.29, 1.82) is 0 Å². The molecule has 0 amide bonds. The number of hydrogen-bond donors (Lipinski definition) is 3. The van der Waals surface area contributed by atoms with Crippen molar-refractivity contribution in [1.82, 2.24) is 16.0 Å². The highest BCUT2D eigenvalue weighted by Gasteiger charge is 2.34. The molecule has 176 valence electrons. The maximum absolute atomic E-state index is 5.67. The van der Waals surface area contributed by atoms with Crippen LogP contribution in [0.2, 0.25) is 0 Å². The van der Waals surface area contributed by atoms with E-state index in [1.165, 1.54) is 5.56 Å². The van der Waals surface area contributed by atoms with Gasteiger partial charge in [0.2, 0.25) is 0 Å². The molecule has 2 aromatic carbocycles. The Hall–Kier alpha value is -1.84. The van der Waals surface area contributed by atoms with Crippen molar-refractivity contribution in [2.24, 2.45) is 4.99 Å². The second-order valence-electron chi connectivity index (χ2n) is 8.07. The van der Waals surface area contributed by atoms with Crippen LogP contribution in [0.25, 0.3) is 0 Å². The lowest BCUT2D eigenvalue weighted by Crippen LogP contribution is -2.58. The van der Waals surface area contributed by atoms with Crippen LogP contribution in [0, 0.1) is 0 Å². The van der Waals surface area contributed by atoms with Crippen LogP contribution in [0.15, 0.2) is 59.6 Å². The topological polar surface area (TPSA) is 66.9 Å². The van der Waals surface area contributed by atoms with Crippen molar-refractivity contribution in [3.8, 4) is 5.75 Å². The molecule has 6 nitrogen and oxygen atoms in total. The fraction of sp³-hybridized carbons (Fsp3) is 0.480. The Bertz CT molecular complexity index is 826. The Morgan fingerprint density at radius 3 is 2.53 bits per heavy atom. The summed E-state index contributed by atoms with van der Waals surface area (Å²) in [7, 11) is 1.69. The number of halogens is 1. The van der Waals surface area contributed by atoms with Gasteiger partial charge in [0.1, 0.15) is 5.75 Å². The SMILES string of the molecule is CCNC(=NCc1cccc(OC)c1)NCC1(NC(C)c2ccccc2)CCOCC1.I. The molecule has 1 fully saturated rings. The number of benzene rings is 2. The third kappa shape index (κ3) is 7.94. The molecule has 32 heavy (non-hydrogen) atoms. The van der Waals surface area contributed by atoms with Gasteiger partial charge in [0.25, 0.3) is 0 Å². The van der Waals surface area contributed by atoms with E-state index >= 15 is 0 Å². The van der Waals surface area contributed by atoms with E-state index in [0.717, 1.165) is 56.4 Å². The number of methoxy groups -OCH3 is 1. The first-order valence-corrected chi connectivity index (χ1v) is 11.2. The van der Waals surface area contributed by atoms with Gasteiger partial charge in [-0.05, 0) is 49.9 Å². The molecule has 1 aliphatic rings. The molecule has 3 rings (SSSR count). The highest BCUT2D eigenvalue weighted by atomic mass is 127. The Balaban J connectivity index is 0.00000363. The minimum atomic E-state index is -0.0420. The van der Waals surface area contributed by atoms with Gasteiger partial charge < -0.3 is 25.4 Å². The summed E-state index contributed by atoms with van der Waals surface area (Å²) in [5.41, 5.74) is 2.37. The number of guanidine groups is 1. The minimum Gasteiger partial charge on any atom is -0.497 e. The van der Waals surface area contributed by atoms with Crippen LogP contribution in [-0.2, 0) is 11.3 Å². The van der Waals surface area contributed by atoms with Gasteiger partial charge in [0.15, 0.2) is 5.96 Å². The monoisotopic (exact) mass is 552 g/mol. The van der Waals surface area contributed by atoms with E-state index in [9.17, 15) is 0 Å². The lowest BCUT2D eigenvalue weighted by molar-refractivity contribution is 0.0355. The summed E-state index contributed by atoms with van der Waals surface area (Å²) in [6.07, 6.45) is 1.93. The molecule has 0 bridgehead atoms. The number of hydrogen-bond acceptors (Lipinski definition) is 4. The van der Waals surface area contributed by atoms with E-state index in [1.807, 2.05) is 18.2 Å². The fourth-order valence-electron chi connectivity index (χ4n) is 3.95. The van der Waals surface area contributed by atoms with Gasteiger partial charge in [0.05, 0.1) is 13.7 Å². The Morgan fingerprint density at radius 1 is 1.09 bits per heavy atom. The Labute approximate surface area is 209 Å². The Kier molecular flexibility index (Phi) is 11.3. The lowest BCUT2D eigenvalue weighted by atomic mass is 9.88. The summed E-state index contributed by atoms with van der Waals surface area (Å²) in [6.45, 7) is 8.06. The first-order chi connectivity index (χ1) is 15.1. The quantitative estimate of drug-likeness (QED) is 0.247. The summed E-state index contributed by atoms with van der Waals surface area (Å²) < 4.78 is 11.0. The number of nitrogens with zero attached hydrogens (tertiary/aromatic N) is 1. The van der Waals surface area contributed by atoms with Gasteiger partial charge in [0, 0.05) is 37.9 Å². The molecule has 1 atom stereocenters. The molecule has 3 N–H and O–H groups in total. The second-order valence-corrected chi connectivity index (χ2v) is 8.07. The van der Waals surface area contributed by atoms with Crippen LogP contribution in [0.4, 0.5) is 0 Å². The van der Waals surface area contributed by atoms with Crippen LogP contribution in [0.5, 0.6) is 5.75 Å². The van der Waals surface area contributed by atoms with Crippen molar-refractivity contribution < 1.29 is 9.47 Å². The maximum atomic E-state index is 5.67. The van der Waals surface area contributed by atoms with E-state index < -0.39 is 0 Å². The highest BCUT2D eigenvalue weighted by molar-refractivity contribution is 14.0. The molecular formula is C25H37IN4O2. The zero-order chi connectivity index (χ0) is 21.9. The van der Waals surface area contributed by atoms with E-state index in [-0.39, 0.29) is 35.6 Å². The van der Waals surface area contributed by atoms with Crippen molar-refractivity contribution in [2.75, 3.05) is 33.4 Å². The number of rotatable bonds is 9. The summed E-state index contributed by atoms with van der Waals surface area (Å²) in [6, 6.07) is 18.9. The third-order valence-electron chi connectivity index (χ3n) is 5.76. The van der Waals surface area contributed by atoms with Crippen molar-refractivity contribution >= 4 is 29.9 Å². The van der Waals surface area contributed by atoms with Crippen LogP contribution < -0.4 is 20.7 Å². The van der Waals surface area contributed by atoms with Crippen molar-refractivity contribution in [3.05, 3.63) is 65.7 Å². The van der Waals surface area contributed by atoms with Gasteiger partial charge >= 0.3 is 0 Å². The molecule has 0 spiro atoms. The molecular weight excluding hydrogens is 515 g/mol. The minimum absolute atomic E-state index is 0. The van der Waals surface area contributed by atoms with Crippen LogP contribution in [-0.4, -0.2) is 44.9 Å². The van der Waals surface area contributed by atoms with Gasteiger partial charge in [-0.3, -0.25) is 0 Å². The molecule has 2 aromatic rings. The van der Waals surface area contributed by atoms with E-state index in [4.69, 9.17) is 14.5 Å². The highest BCUT2D eigenvalue weighted by Crippen LogP contribution is 2.25. The van der Waals surface area contributed by atoms with E-state index in [2.05, 4.69) is 66.2 Å². The zero-order valence-corrected chi connectivity index (χ0v) is 21.7. The average Bonchev–Trinajstić information content (AvgIpc) is 2.82. The summed E-state index contributed by atoms with van der Waals surface area (Å²) >= 11 is 0. The predicted octanol–water partition coefficient (Wildman–Crippen LogP) is 4.27. The molecule has 1 aliphatic heterocycles. The standard InChI is InChI=1S/C25H36N4O2.HI/c1-4-26-24(27-18-21-9-8-12-23(17-21)30-3)28-19-25(13-15-31-16-14-25)29-20(2)22-10-6-5-7-11-22;/h5-12,17,20,29H,4,13-16,18-19H2,1-3H3,(H2,26,27,28);1H. The molecule has 0 aromatic heterocycles. The Morgan fingerprint density at radius 2 is 1.84 bits per heavy atom. The van der Waals surface area contributed by atoms with Gasteiger partial charge in [-0.1, -0.05) is 42.5 Å². The summed E-state index contributed by atoms with van der Waals surface area (Å²) in [5.74, 6) is 1.68. The molecule has 1 saturated heterocycles. The van der Waals surface area contributed by atoms with Crippen molar-refractivity contribution in [3.63, 3.8) is 0 Å². The molecule has 1 heterocycles. The molecule has 7 heteroatoms. The summed E-state index contributed by atoms with van der Waals surface area (Å²) in [5, 5.41) is 10.8. The largest absolute Gasteiger partial charge is 0.497 e. The van der Waals surface area contributed by atoms with Crippen LogP contribution in [0.1, 0.15) is 43.9 Å². The van der Waals surface area contributed by atoms with Gasteiger partial charge in [-0.2, -0.15) is 0 Å². The molecule has 0 saturated carbocycles. The second kappa shape index (κ2) is 13.6. The first kappa shape index (κ1) is 26.4. The normalized spacial score (nSPS) is 16.5. The van der Waals surface area contributed by atoms with E-state index in [0.29, 0.717) is 6.54 Å². The first-order valence-electron chi connectivity index (χ1n) is 11.2. The lowest BCUT2D eigenvalue weighted by Gasteiger charge is -2.41. The van der Waals surface area contributed by atoms with Crippen LogP contribution >= 0.6 is 24.0 Å². The third-order valence-corrected chi connectivity index (χ3v) is 5.76. The van der Waals surface area contributed by atoms with Crippen LogP contribution in [0.3, 0.4) is 0 Å².